The Balaban J connectivity index is 2.36. The summed E-state index contributed by atoms with van der Waals surface area (Å²) >= 11 is 12.9. The molecule has 0 atom stereocenters. The third kappa shape index (κ3) is 3.12. The lowest BCUT2D eigenvalue weighted by Crippen LogP contribution is -2.12. The van der Waals surface area contributed by atoms with Gasteiger partial charge >= 0.3 is 5.97 Å². The molecule has 2 rings (SSSR count). The standard InChI is InChI=1S/C10H8Cl2N4O2S/c11-5-1-2-7(12)6(3-5)9-14-15-10(16(9)13)19-4-8(17)18/h1-3H,4,13H2,(H,17,18). The van der Waals surface area contributed by atoms with Gasteiger partial charge in [0.1, 0.15) is 0 Å². The van der Waals surface area contributed by atoms with Gasteiger partial charge in [-0.2, -0.15) is 0 Å². The second-order valence-corrected chi connectivity index (χ2v) is 5.27. The highest BCUT2D eigenvalue weighted by Gasteiger charge is 2.16. The van der Waals surface area contributed by atoms with Crippen molar-refractivity contribution in [3.63, 3.8) is 0 Å². The summed E-state index contributed by atoms with van der Waals surface area (Å²) in [6.07, 6.45) is 0. The molecule has 6 nitrogen and oxygen atoms in total. The lowest BCUT2D eigenvalue weighted by molar-refractivity contribution is -0.133. The van der Waals surface area contributed by atoms with Gasteiger partial charge in [0.25, 0.3) is 0 Å². The van der Waals surface area contributed by atoms with Crippen molar-refractivity contribution in [3.8, 4) is 11.4 Å². The maximum Gasteiger partial charge on any atom is 0.313 e. The van der Waals surface area contributed by atoms with Gasteiger partial charge in [0.2, 0.25) is 5.16 Å². The van der Waals surface area contributed by atoms with E-state index in [0.717, 1.165) is 11.8 Å². The van der Waals surface area contributed by atoms with Crippen LogP contribution in [0.3, 0.4) is 0 Å². The third-order valence-corrected chi connectivity index (χ3v) is 3.65. The Labute approximate surface area is 122 Å². The lowest BCUT2D eigenvalue weighted by Gasteiger charge is -2.05. The van der Waals surface area contributed by atoms with Gasteiger partial charge in [-0.3, -0.25) is 4.79 Å². The van der Waals surface area contributed by atoms with E-state index in [4.69, 9.17) is 34.2 Å². The van der Waals surface area contributed by atoms with Gasteiger partial charge in [-0.1, -0.05) is 35.0 Å². The third-order valence-electron chi connectivity index (χ3n) is 2.16. The highest BCUT2D eigenvalue weighted by Crippen LogP contribution is 2.30. The van der Waals surface area contributed by atoms with Crippen molar-refractivity contribution < 1.29 is 9.90 Å². The summed E-state index contributed by atoms with van der Waals surface area (Å²) in [6, 6.07) is 4.88. The maximum atomic E-state index is 10.5. The number of carbonyl (C=O) groups is 1. The van der Waals surface area contributed by atoms with Crippen molar-refractivity contribution in [3.05, 3.63) is 28.2 Å². The van der Waals surface area contributed by atoms with Crippen molar-refractivity contribution >= 4 is 40.9 Å². The van der Waals surface area contributed by atoms with Gasteiger partial charge in [-0.25, -0.2) is 4.68 Å². The normalized spacial score (nSPS) is 10.6. The number of hydrogen-bond donors (Lipinski definition) is 2. The molecule has 2 aromatic rings. The average molecular weight is 319 g/mol. The van der Waals surface area contributed by atoms with Crippen molar-refractivity contribution in [1.29, 1.82) is 0 Å². The summed E-state index contributed by atoms with van der Waals surface area (Å²) in [7, 11) is 0. The maximum absolute atomic E-state index is 10.5. The molecule has 1 heterocycles. The van der Waals surface area contributed by atoms with Gasteiger partial charge in [-0.15, -0.1) is 10.2 Å². The van der Waals surface area contributed by atoms with Crippen molar-refractivity contribution in [2.24, 2.45) is 0 Å². The van der Waals surface area contributed by atoms with Crippen LogP contribution in [0.15, 0.2) is 23.4 Å². The smallest absolute Gasteiger partial charge is 0.313 e. The molecule has 100 valence electrons. The molecule has 0 aliphatic carbocycles. The number of hydrogen-bond acceptors (Lipinski definition) is 5. The van der Waals surface area contributed by atoms with E-state index in [0.29, 0.717) is 21.4 Å². The van der Waals surface area contributed by atoms with Gasteiger partial charge in [-0.05, 0) is 18.2 Å². The van der Waals surface area contributed by atoms with Crippen LogP contribution < -0.4 is 5.84 Å². The van der Waals surface area contributed by atoms with E-state index in [2.05, 4.69) is 10.2 Å². The van der Waals surface area contributed by atoms with Crippen molar-refractivity contribution in [1.82, 2.24) is 14.9 Å². The number of benzene rings is 1. The molecule has 1 aromatic carbocycles. The highest BCUT2D eigenvalue weighted by atomic mass is 35.5. The van der Waals surface area contributed by atoms with Crippen LogP contribution in [-0.4, -0.2) is 31.7 Å². The number of carboxylic acid groups (broad SMARTS) is 1. The first kappa shape index (κ1) is 14.0. The zero-order valence-electron chi connectivity index (χ0n) is 9.38. The largest absolute Gasteiger partial charge is 0.481 e. The summed E-state index contributed by atoms with van der Waals surface area (Å²) in [5, 5.41) is 17.5. The Hall–Kier alpha value is -1.44. The number of nitrogen functional groups attached to an aromatic ring is 1. The van der Waals surface area contributed by atoms with Crippen molar-refractivity contribution in [2.45, 2.75) is 5.16 Å². The topological polar surface area (TPSA) is 94.0 Å². The van der Waals surface area contributed by atoms with Crippen LogP contribution >= 0.6 is 35.0 Å². The minimum absolute atomic E-state index is 0.154. The van der Waals surface area contributed by atoms with E-state index in [1.54, 1.807) is 18.2 Å². The fourth-order valence-electron chi connectivity index (χ4n) is 1.35. The van der Waals surface area contributed by atoms with Gasteiger partial charge in [0, 0.05) is 10.6 Å². The molecule has 0 aliphatic heterocycles. The molecular weight excluding hydrogens is 311 g/mol. The van der Waals surface area contributed by atoms with E-state index < -0.39 is 5.97 Å². The molecular formula is C10H8Cl2N4O2S. The molecule has 0 unspecified atom stereocenters. The number of nitrogens with two attached hydrogens (primary N) is 1. The van der Waals surface area contributed by atoms with E-state index in [9.17, 15) is 4.79 Å². The molecule has 0 bridgehead atoms. The zero-order valence-corrected chi connectivity index (χ0v) is 11.7. The van der Waals surface area contributed by atoms with Gasteiger partial charge in [0.05, 0.1) is 10.8 Å². The summed E-state index contributed by atoms with van der Waals surface area (Å²) in [5.74, 6) is 5.02. The molecule has 0 radical (unpaired) electrons. The number of halogens is 2. The summed E-state index contributed by atoms with van der Waals surface area (Å²) in [4.78, 5) is 10.5. The first-order valence-corrected chi connectivity index (χ1v) is 6.73. The number of carboxylic acids is 1. The van der Waals surface area contributed by atoms with Crippen LogP contribution in [0.1, 0.15) is 0 Å². The Morgan fingerprint density at radius 3 is 2.84 bits per heavy atom. The predicted octanol–water partition coefficient (Wildman–Crippen LogP) is 2.14. The van der Waals surface area contributed by atoms with Gasteiger partial charge < -0.3 is 10.9 Å². The van der Waals surface area contributed by atoms with E-state index in [-0.39, 0.29) is 10.9 Å². The van der Waals surface area contributed by atoms with E-state index in [1.165, 1.54) is 4.68 Å². The first-order chi connectivity index (χ1) is 8.99. The monoisotopic (exact) mass is 318 g/mol. The van der Waals surface area contributed by atoms with Crippen LogP contribution in [0.4, 0.5) is 0 Å². The van der Waals surface area contributed by atoms with Crippen LogP contribution in [0.5, 0.6) is 0 Å². The fourth-order valence-corrected chi connectivity index (χ4v) is 2.31. The molecule has 0 saturated carbocycles. The Bertz CT molecular complexity index is 632. The number of nitrogens with zero attached hydrogens (tertiary/aromatic N) is 3. The Morgan fingerprint density at radius 1 is 1.42 bits per heavy atom. The summed E-state index contributed by atoms with van der Waals surface area (Å²) in [6.45, 7) is 0. The second-order valence-electron chi connectivity index (χ2n) is 3.48. The van der Waals surface area contributed by atoms with Gasteiger partial charge in [0.15, 0.2) is 5.82 Å². The number of thioether (sulfide) groups is 1. The van der Waals surface area contributed by atoms with E-state index >= 15 is 0 Å². The summed E-state index contributed by atoms with van der Waals surface area (Å²) < 4.78 is 1.19. The second kappa shape index (κ2) is 5.68. The lowest BCUT2D eigenvalue weighted by atomic mass is 10.2. The first-order valence-electron chi connectivity index (χ1n) is 4.99. The molecule has 19 heavy (non-hydrogen) atoms. The molecule has 3 N–H and O–H groups in total. The Morgan fingerprint density at radius 2 is 2.16 bits per heavy atom. The Kier molecular flexibility index (Phi) is 4.18. The number of rotatable bonds is 4. The minimum atomic E-state index is -0.963. The molecule has 0 amide bonds. The van der Waals surface area contributed by atoms with Crippen LogP contribution in [0, 0.1) is 0 Å². The summed E-state index contributed by atoms with van der Waals surface area (Å²) in [5.41, 5.74) is 0.534. The van der Waals surface area contributed by atoms with Crippen molar-refractivity contribution in [2.75, 3.05) is 11.6 Å². The number of aliphatic carboxylic acids is 1. The molecule has 1 aromatic heterocycles. The molecule has 0 aliphatic rings. The molecule has 0 fully saturated rings. The fraction of sp³-hybridized carbons (Fsp3) is 0.100. The molecule has 9 heteroatoms. The SMILES string of the molecule is Nn1c(SCC(=O)O)nnc1-c1cc(Cl)ccc1Cl. The quantitative estimate of drug-likeness (QED) is 0.662. The van der Waals surface area contributed by atoms with E-state index in [1.807, 2.05) is 0 Å². The number of aromatic nitrogens is 3. The van der Waals surface area contributed by atoms with Crippen LogP contribution in [0.25, 0.3) is 11.4 Å². The van der Waals surface area contributed by atoms with Crippen LogP contribution in [0.2, 0.25) is 10.0 Å². The zero-order chi connectivity index (χ0) is 14.0. The minimum Gasteiger partial charge on any atom is -0.481 e. The molecule has 0 saturated heterocycles. The highest BCUT2D eigenvalue weighted by molar-refractivity contribution is 7.99. The molecule has 0 spiro atoms. The van der Waals surface area contributed by atoms with Crippen LogP contribution in [-0.2, 0) is 4.79 Å². The predicted molar refractivity (Wildman–Crippen MR) is 74.0 cm³/mol. The average Bonchev–Trinajstić information content (AvgIpc) is 2.71.